The van der Waals surface area contributed by atoms with Crippen LogP contribution in [0.25, 0.3) is 10.8 Å². The number of carboxylic acids is 1. The Kier molecular flexibility index (Phi) is 7.51. The molecule has 2 unspecified atom stereocenters. The predicted octanol–water partition coefficient (Wildman–Crippen LogP) is 1.78. The van der Waals surface area contributed by atoms with Crippen molar-refractivity contribution in [3.63, 3.8) is 0 Å². The van der Waals surface area contributed by atoms with E-state index in [1.807, 2.05) is 0 Å². The molecule has 1 saturated heterocycles. The maximum absolute atomic E-state index is 13.5. The molecular formula is C24H31ClN4O8S. The number of rotatable bonds is 8. The van der Waals surface area contributed by atoms with Gasteiger partial charge in [0, 0.05) is 42.6 Å². The molecule has 3 aliphatic rings. The van der Waals surface area contributed by atoms with Gasteiger partial charge >= 0.3 is 5.97 Å². The van der Waals surface area contributed by atoms with Gasteiger partial charge in [-0.1, -0.05) is 6.07 Å². The lowest BCUT2D eigenvalue weighted by Crippen LogP contribution is -2.60. The zero-order valence-corrected chi connectivity index (χ0v) is 22.4. The first-order valence-corrected chi connectivity index (χ1v) is 13.8. The molecule has 1 aromatic carbocycles. The number of carboxylic acid groups (broad SMARTS) is 1. The molecule has 3 N–H and O–H groups in total. The van der Waals surface area contributed by atoms with Crippen molar-refractivity contribution in [2.24, 2.45) is 28.9 Å². The van der Waals surface area contributed by atoms with Gasteiger partial charge in [-0.2, -0.15) is 4.31 Å². The maximum atomic E-state index is 13.5. The fraction of sp³-hybridized carbons (Fsp3) is 0.583. The lowest BCUT2D eigenvalue weighted by Gasteiger charge is -2.62. The molecule has 1 aromatic heterocycles. The maximum Gasteiger partial charge on any atom is 0.306 e. The Morgan fingerprint density at radius 1 is 1.32 bits per heavy atom. The molecule has 0 bridgehead atoms. The Bertz CT molecular complexity index is 1440. The number of aryl methyl sites for hydroxylation is 1. The molecule has 5 rings (SSSR count). The van der Waals surface area contributed by atoms with Gasteiger partial charge in [-0.25, -0.2) is 8.42 Å². The van der Waals surface area contributed by atoms with E-state index in [1.54, 1.807) is 25.3 Å². The highest BCUT2D eigenvalue weighted by atomic mass is 35.5. The van der Waals surface area contributed by atoms with E-state index in [-0.39, 0.29) is 71.2 Å². The number of sulfonamides is 1. The zero-order chi connectivity index (χ0) is 26.7. The number of pyridine rings is 1. The van der Waals surface area contributed by atoms with Crippen LogP contribution >= 0.6 is 12.4 Å². The Morgan fingerprint density at radius 3 is 2.63 bits per heavy atom. The standard InChI is InChI=1S/C24H30N4O8S.ClH/c1-14-10-26(12-19-18(23(30)31)9-24(19)7-15(8-24)13-36-28(32)33)22(29)17-3-2-4-20(21(14)17)37(34,35)27-6-5-16(25)11-27;/h2-4,10,15-16,18-19H,5-9,11-13,25H2,1H3,(H,30,31);1H/t15?,16?,18?,19-,24?;/m0./s1. The molecule has 38 heavy (non-hydrogen) atoms. The van der Waals surface area contributed by atoms with E-state index in [9.17, 15) is 33.2 Å². The number of carbonyl (C=O) groups is 1. The molecule has 2 aromatic rings. The van der Waals surface area contributed by atoms with Crippen molar-refractivity contribution < 1.29 is 28.2 Å². The average Bonchev–Trinajstić information content (AvgIpc) is 3.25. The second-order valence-electron chi connectivity index (χ2n) is 10.8. The third-order valence-corrected chi connectivity index (χ3v) is 10.4. The normalized spacial score (nSPS) is 28.9. The van der Waals surface area contributed by atoms with Crippen LogP contribution in [-0.2, 0) is 26.2 Å². The Labute approximate surface area is 225 Å². The molecule has 2 aliphatic carbocycles. The van der Waals surface area contributed by atoms with Crippen molar-refractivity contribution in [1.29, 1.82) is 0 Å². The van der Waals surface area contributed by atoms with E-state index < -0.39 is 27.0 Å². The molecule has 2 saturated carbocycles. The van der Waals surface area contributed by atoms with Crippen LogP contribution in [0.4, 0.5) is 0 Å². The fourth-order valence-electron chi connectivity index (χ4n) is 6.72. The van der Waals surface area contributed by atoms with E-state index in [0.29, 0.717) is 43.2 Å². The molecular weight excluding hydrogens is 540 g/mol. The highest BCUT2D eigenvalue weighted by Crippen LogP contribution is 2.65. The molecule has 12 nitrogen and oxygen atoms in total. The van der Waals surface area contributed by atoms with Crippen molar-refractivity contribution >= 4 is 39.2 Å². The Hall–Kier alpha value is -2.74. The van der Waals surface area contributed by atoms with Gasteiger partial charge in [0.15, 0.2) is 0 Å². The summed E-state index contributed by atoms with van der Waals surface area (Å²) < 4.78 is 29.6. The summed E-state index contributed by atoms with van der Waals surface area (Å²) in [4.78, 5) is 40.5. The van der Waals surface area contributed by atoms with Gasteiger partial charge in [-0.05, 0) is 67.6 Å². The molecule has 2 heterocycles. The third-order valence-electron chi connectivity index (χ3n) is 8.48. The molecule has 208 valence electrons. The summed E-state index contributed by atoms with van der Waals surface area (Å²) in [5.74, 6) is -1.89. The minimum absolute atomic E-state index is 0. The van der Waals surface area contributed by atoms with Crippen LogP contribution in [0.3, 0.4) is 0 Å². The van der Waals surface area contributed by atoms with Crippen LogP contribution in [0.15, 0.2) is 34.1 Å². The number of fused-ring (bicyclic) bond motifs is 1. The van der Waals surface area contributed by atoms with Crippen molar-refractivity contribution in [2.45, 2.75) is 50.1 Å². The second-order valence-corrected chi connectivity index (χ2v) is 12.7. The molecule has 3 fully saturated rings. The van der Waals surface area contributed by atoms with E-state index in [0.717, 1.165) is 0 Å². The Balaban J connectivity index is 0.00000336. The number of aromatic nitrogens is 1. The monoisotopic (exact) mass is 570 g/mol. The first kappa shape index (κ1) is 28.3. The predicted molar refractivity (Wildman–Crippen MR) is 139 cm³/mol. The number of nitrogens with zero attached hydrogens (tertiary/aromatic N) is 3. The van der Waals surface area contributed by atoms with Gasteiger partial charge in [-0.15, -0.1) is 22.5 Å². The molecule has 14 heteroatoms. The van der Waals surface area contributed by atoms with Crippen molar-refractivity contribution in [2.75, 3.05) is 19.7 Å². The Morgan fingerprint density at radius 2 is 2.03 bits per heavy atom. The van der Waals surface area contributed by atoms with E-state index in [1.165, 1.54) is 14.9 Å². The number of hydrogen-bond donors (Lipinski definition) is 2. The van der Waals surface area contributed by atoms with Gasteiger partial charge in [0.1, 0.15) is 0 Å². The molecule has 0 radical (unpaired) electrons. The summed E-state index contributed by atoms with van der Waals surface area (Å²) in [6.07, 6.45) is 3.86. The summed E-state index contributed by atoms with van der Waals surface area (Å²) in [5, 5.41) is 20.0. The van der Waals surface area contributed by atoms with Gasteiger partial charge in [0.05, 0.1) is 17.4 Å². The van der Waals surface area contributed by atoms with Crippen LogP contribution in [-0.4, -0.2) is 59.2 Å². The molecule has 3 atom stereocenters. The van der Waals surface area contributed by atoms with Gasteiger partial charge in [-0.3, -0.25) is 9.59 Å². The smallest absolute Gasteiger partial charge is 0.306 e. The minimum atomic E-state index is -3.85. The van der Waals surface area contributed by atoms with Crippen LogP contribution in [0.5, 0.6) is 0 Å². The van der Waals surface area contributed by atoms with E-state index in [4.69, 9.17) is 5.73 Å². The summed E-state index contributed by atoms with van der Waals surface area (Å²) in [6, 6.07) is 4.42. The lowest BCUT2D eigenvalue weighted by molar-refractivity contribution is -0.760. The van der Waals surface area contributed by atoms with Crippen LogP contribution in [0.1, 0.15) is 31.2 Å². The number of nitrogens with two attached hydrogens (primary N) is 1. The molecule has 0 amide bonds. The fourth-order valence-corrected chi connectivity index (χ4v) is 8.51. The van der Waals surface area contributed by atoms with Crippen LogP contribution < -0.4 is 11.3 Å². The number of aliphatic carboxylic acids is 1. The van der Waals surface area contributed by atoms with Crippen LogP contribution in [0.2, 0.25) is 0 Å². The highest BCUT2D eigenvalue weighted by molar-refractivity contribution is 7.89. The number of benzene rings is 1. The SMILES string of the molecule is Cc1cn(C[C@H]2C(C(=O)O)CC23CC(CO[N+](=O)[O-])C3)c(=O)c2cccc(S(=O)(=O)N3CCC(N)C3)c12.Cl. The van der Waals surface area contributed by atoms with Gasteiger partial charge in [0.2, 0.25) is 10.0 Å². The van der Waals surface area contributed by atoms with Gasteiger partial charge in [0.25, 0.3) is 10.6 Å². The third kappa shape index (κ3) is 4.65. The summed E-state index contributed by atoms with van der Waals surface area (Å²) >= 11 is 0. The number of halogens is 1. The minimum Gasteiger partial charge on any atom is -0.481 e. The first-order valence-electron chi connectivity index (χ1n) is 12.3. The number of hydrogen-bond acceptors (Lipinski definition) is 8. The highest BCUT2D eigenvalue weighted by Gasteiger charge is 2.62. The zero-order valence-electron chi connectivity index (χ0n) is 20.8. The lowest BCUT2D eigenvalue weighted by atomic mass is 9.42. The summed E-state index contributed by atoms with van der Waals surface area (Å²) in [7, 11) is -3.85. The first-order chi connectivity index (χ1) is 17.4. The average molecular weight is 571 g/mol. The van der Waals surface area contributed by atoms with Crippen molar-refractivity contribution in [1.82, 2.24) is 8.87 Å². The summed E-state index contributed by atoms with van der Waals surface area (Å²) in [6.45, 7) is 2.44. The van der Waals surface area contributed by atoms with Crippen LogP contribution in [0, 0.1) is 40.2 Å². The largest absolute Gasteiger partial charge is 0.481 e. The topological polar surface area (TPSA) is 175 Å². The van der Waals surface area contributed by atoms with Crippen molar-refractivity contribution in [3.8, 4) is 0 Å². The van der Waals surface area contributed by atoms with E-state index in [2.05, 4.69) is 4.84 Å². The summed E-state index contributed by atoms with van der Waals surface area (Å²) in [5.41, 5.74) is 5.85. The van der Waals surface area contributed by atoms with E-state index >= 15 is 0 Å². The second kappa shape index (κ2) is 10.1. The van der Waals surface area contributed by atoms with Crippen molar-refractivity contribution in [3.05, 3.63) is 50.4 Å². The quantitative estimate of drug-likeness (QED) is 0.354. The van der Waals surface area contributed by atoms with Gasteiger partial charge < -0.3 is 20.2 Å². The molecule has 1 aliphatic heterocycles. The molecule has 1 spiro atoms.